The van der Waals surface area contributed by atoms with Crippen molar-refractivity contribution in [3.63, 3.8) is 0 Å². The molecule has 1 amide bonds. The van der Waals surface area contributed by atoms with Crippen LogP contribution in [0.2, 0.25) is 0 Å². The van der Waals surface area contributed by atoms with E-state index in [1.165, 1.54) is 38.5 Å². The Morgan fingerprint density at radius 1 is 0.938 bits per heavy atom. The van der Waals surface area contributed by atoms with Crippen molar-refractivity contribution < 1.29 is 4.79 Å². The predicted molar refractivity (Wildman–Crippen MR) is 70.2 cm³/mol. The number of allylic oxidation sites excluding steroid dienone is 2. The van der Waals surface area contributed by atoms with Crippen LogP contribution >= 0.6 is 0 Å². The summed E-state index contributed by atoms with van der Waals surface area (Å²) >= 11 is 0. The smallest absolute Gasteiger partial charge is 0.217 e. The highest BCUT2D eigenvalue weighted by molar-refractivity contribution is 5.73. The molecule has 0 radical (unpaired) electrons. The van der Waals surface area contributed by atoms with Crippen molar-refractivity contribution in [2.24, 2.45) is 5.73 Å². The average Bonchev–Trinajstić information content (AvgIpc) is 2.25. The minimum Gasteiger partial charge on any atom is -0.370 e. The Morgan fingerprint density at radius 3 is 2.00 bits per heavy atom. The molecule has 2 N–H and O–H groups in total. The normalized spacial score (nSPS) is 11.1. The Kier molecular flexibility index (Phi) is 11.7. The molecule has 0 spiro atoms. The first-order valence-electron chi connectivity index (χ1n) is 6.70. The van der Waals surface area contributed by atoms with E-state index >= 15 is 0 Å². The molecular formula is C14H27NO. The highest BCUT2D eigenvalue weighted by atomic mass is 16.1. The molecule has 16 heavy (non-hydrogen) atoms. The summed E-state index contributed by atoms with van der Waals surface area (Å²) < 4.78 is 0. The second-order valence-corrected chi connectivity index (χ2v) is 4.39. The number of unbranched alkanes of at least 4 members (excludes halogenated alkanes) is 7. The van der Waals surface area contributed by atoms with Crippen LogP contribution in [0.15, 0.2) is 12.2 Å². The highest BCUT2D eigenvalue weighted by Crippen LogP contribution is 2.06. The second kappa shape index (κ2) is 12.3. The summed E-state index contributed by atoms with van der Waals surface area (Å²) in [4.78, 5) is 10.5. The van der Waals surface area contributed by atoms with Gasteiger partial charge in [-0.15, -0.1) is 0 Å². The lowest BCUT2D eigenvalue weighted by molar-refractivity contribution is -0.118. The molecule has 0 saturated carbocycles. The van der Waals surface area contributed by atoms with Gasteiger partial charge < -0.3 is 5.73 Å². The molecule has 2 heteroatoms. The molecule has 0 rings (SSSR count). The number of hydrogen-bond donors (Lipinski definition) is 1. The van der Waals surface area contributed by atoms with Crippen LogP contribution in [0.5, 0.6) is 0 Å². The maximum atomic E-state index is 10.5. The second-order valence-electron chi connectivity index (χ2n) is 4.39. The van der Waals surface area contributed by atoms with Crippen LogP contribution in [0.1, 0.15) is 71.1 Å². The molecule has 0 aliphatic heterocycles. The molecule has 0 aliphatic rings. The molecule has 0 bridgehead atoms. The number of amides is 1. The highest BCUT2D eigenvalue weighted by Gasteiger charge is 1.93. The topological polar surface area (TPSA) is 43.1 Å². The fraction of sp³-hybridized carbons (Fsp3) is 0.786. The summed E-state index contributed by atoms with van der Waals surface area (Å²) in [5, 5.41) is 0. The molecule has 0 aromatic carbocycles. The van der Waals surface area contributed by atoms with Gasteiger partial charge in [-0.3, -0.25) is 4.79 Å². The first-order valence-corrected chi connectivity index (χ1v) is 6.70. The van der Waals surface area contributed by atoms with Gasteiger partial charge in [-0.25, -0.2) is 0 Å². The van der Waals surface area contributed by atoms with Crippen LogP contribution < -0.4 is 5.73 Å². The van der Waals surface area contributed by atoms with Crippen molar-refractivity contribution in [3.05, 3.63) is 12.2 Å². The fourth-order valence-electron chi connectivity index (χ4n) is 1.66. The van der Waals surface area contributed by atoms with Crippen LogP contribution in [0, 0.1) is 0 Å². The predicted octanol–water partition coefficient (Wildman–Crippen LogP) is 3.95. The van der Waals surface area contributed by atoms with E-state index in [0.29, 0.717) is 6.42 Å². The van der Waals surface area contributed by atoms with Crippen molar-refractivity contribution >= 4 is 5.91 Å². The Hall–Kier alpha value is -0.790. The van der Waals surface area contributed by atoms with Gasteiger partial charge in [-0.05, 0) is 32.1 Å². The van der Waals surface area contributed by atoms with E-state index in [4.69, 9.17) is 5.73 Å². The zero-order valence-electron chi connectivity index (χ0n) is 10.7. The summed E-state index contributed by atoms with van der Waals surface area (Å²) in [7, 11) is 0. The molecular weight excluding hydrogens is 198 g/mol. The lowest BCUT2D eigenvalue weighted by Crippen LogP contribution is -2.09. The average molecular weight is 225 g/mol. The van der Waals surface area contributed by atoms with E-state index < -0.39 is 0 Å². The Balaban J connectivity index is 3.06. The summed E-state index contributed by atoms with van der Waals surface area (Å²) in [6.07, 6.45) is 16.1. The quantitative estimate of drug-likeness (QED) is 0.420. The van der Waals surface area contributed by atoms with E-state index in [-0.39, 0.29) is 5.91 Å². The maximum Gasteiger partial charge on any atom is 0.217 e. The number of nitrogens with two attached hydrogens (primary N) is 1. The van der Waals surface area contributed by atoms with Gasteiger partial charge in [0, 0.05) is 6.42 Å². The molecule has 0 aromatic rings. The first kappa shape index (κ1) is 15.2. The van der Waals surface area contributed by atoms with Gasteiger partial charge in [-0.1, -0.05) is 44.8 Å². The van der Waals surface area contributed by atoms with Gasteiger partial charge in [0.1, 0.15) is 0 Å². The molecule has 0 saturated heterocycles. The third-order valence-electron chi connectivity index (χ3n) is 2.68. The standard InChI is InChI=1S/C14H27NO/c1-2-3-4-5-6-7-8-9-10-11-12-13-14(15)16/h7-8H,2-6,9-13H2,1H3,(H2,15,16). The van der Waals surface area contributed by atoms with E-state index in [9.17, 15) is 4.79 Å². The summed E-state index contributed by atoms with van der Waals surface area (Å²) in [6, 6.07) is 0. The first-order chi connectivity index (χ1) is 7.77. The summed E-state index contributed by atoms with van der Waals surface area (Å²) in [5.74, 6) is -0.175. The third-order valence-corrected chi connectivity index (χ3v) is 2.68. The van der Waals surface area contributed by atoms with E-state index in [2.05, 4.69) is 19.1 Å². The molecule has 0 fully saturated rings. The van der Waals surface area contributed by atoms with Gasteiger partial charge in [0.2, 0.25) is 5.91 Å². The lowest BCUT2D eigenvalue weighted by atomic mass is 10.1. The van der Waals surface area contributed by atoms with Crippen molar-refractivity contribution in [1.29, 1.82) is 0 Å². The zero-order chi connectivity index (χ0) is 12.1. The molecule has 94 valence electrons. The van der Waals surface area contributed by atoms with Gasteiger partial charge in [0.25, 0.3) is 0 Å². The van der Waals surface area contributed by atoms with Crippen molar-refractivity contribution in [3.8, 4) is 0 Å². The number of primary amides is 1. The van der Waals surface area contributed by atoms with E-state index in [0.717, 1.165) is 19.3 Å². The van der Waals surface area contributed by atoms with E-state index in [1.807, 2.05) is 0 Å². The Labute approximate surface area is 100 Å². The van der Waals surface area contributed by atoms with Crippen molar-refractivity contribution in [2.75, 3.05) is 0 Å². The largest absolute Gasteiger partial charge is 0.370 e. The minimum absolute atomic E-state index is 0.175. The summed E-state index contributed by atoms with van der Waals surface area (Å²) in [6.45, 7) is 2.24. The van der Waals surface area contributed by atoms with Gasteiger partial charge in [0.15, 0.2) is 0 Å². The van der Waals surface area contributed by atoms with Crippen LogP contribution in [-0.2, 0) is 4.79 Å². The number of hydrogen-bond acceptors (Lipinski definition) is 1. The minimum atomic E-state index is -0.175. The molecule has 0 heterocycles. The zero-order valence-corrected chi connectivity index (χ0v) is 10.7. The molecule has 2 nitrogen and oxygen atoms in total. The number of carbonyl (C=O) groups is 1. The summed E-state index contributed by atoms with van der Waals surface area (Å²) in [5.41, 5.74) is 5.06. The Morgan fingerprint density at radius 2 is 1.50 bits per heavy atom. The van der Waals surface area contributed by atoms with Gasteiger partial charge in [0.05, 0.1) is 0 Å². The van der Waals surface area contributed by atoms with E-state index in [1.54, 1.807) is 0 Å². The van der Waals surface area contributed by atoms with Crippen molar-refractivity contribution in [1.82, 2.24) is 0 Å². The molecule has 0 aliphatic carbocycles. The fourth-order valence-corrected chi connectivity index (χ4v) is 1.66. The van der Waals surface area contributed by atoms with Crippen LogP contribution in [-0.4, -0.2) is 5.91 Å². The lowest BCUT2D eigenvalue weighted by Gasteiger charge is -1.96. The van der Waals surface area contributed by atoms with Crippen LogP contribution in [0.4, 0.5) is 0 Å². The van der Waals surface area contributed by atoms with Crippen molar-refractivity contribution in [2.45, 2.75) is 71.1 Å². The Bertz CT molecular complexity index is 187. The maximum absolute atomic E-state index is 10.5. The third kappa shape index (κ3) is 13.2. The number of carbonyl (C=O) groups excluding carboxylic acids is 1. The van der Waals surface area contributed by atoms with Gasteiger partial charge >= 0.3 is 0 Å². The SMILES string of the molecule is CCCCCCC=CCCCCCC(N)=O. The monoisotopic (exact) mass is 225 g/mol. The van der Waals surface area contributed by atoms with Gasteiger partial charge in [-0.2, -0.15) is 0 Å². The molecule has 0 unspecified atom stereocenters. The molecule has 0 atom stereocenters. The molecule has 0 aromatic heterocycles. The van der Waals surface area contributed by atoms with Crippen LogP contribution in [0.25, 0.3) is 0 Å². The number of rotatable bonds is 11. The van der Waals surface area contributed by atoms with Crippen LogP contribution in [0.3, 0.4) is 0 Å².